The van der Waals surface area contributed by atoms with Gasteiger partial charge in [-0.1, -0.05) is 12.1 Å². The van der Waals surface area contributed by atoms with Crippen molar-refractivity contribution in [2.45, 2.75) is 6.54 Å². The van der Waals surface area contributed by atoms with E-state index in [-0.39, 0.29) is 6.54 Å². The Bertz CT molecular complexity index is 493. The highest BCUT2D eigenvalue weighted by Gasteiger charge is 2.13. The Hall–Kier alpha value is -1.09. The summed E-state index contributed by atoms with van der Waals surface area (Å²) in [6.45, 7) is 0.154. The highest BCUT2D eigenvalue weighted by atomic mass is 35.7. The molecule has 0 heterocycles. The Labute approximate surface area is 93.2 Å². The summed E-state index contributed by atoms with van der Waals surface area (Å²) in [5.74, 6) is 0. The molecule has 0 aliphatic rings. The molecule has 1 aromatic carbocycles. The van der Waals surface area contributed by atoms with Crippen molar-refractivity contribution in [3.05, 3.63) is 35.4 Å². The summed E-state index contributed by atoms with van der Waals surface area (Å²) in [5, 5.41) is 8.65. The van der Waals surface area contributed by atoms with Gasteiger partial charge in [-0.25, -0.2) is 0 Å². The predicted octanol–water partition coefficient (Wildman–Crippen LogP) is 1.47. The Morgan fingerprint density at radius 2 is 2.20 bits per heavy atom. The zero-order chi connectivity index (χ0) is 11.5. The lowest BCUT2D eigenvalue weighted by Gasteiger charge is -2.11. The highest BCUT2D eigenvalue weighted by molar-refractivity contribution is 8.11. The van der Waals surface area contributed by atoms with Crippen molar-refractivity contribution < 1.29 is 8.42 Å². The van der Waals surface area contributed by atoms with E-state index in [2.05, 4.69) is 0 Å². The van der Waals surface area contributed by atoms with E-state index in [9.17, 15) is 8.42 Å². The molecule has 15 heavy (non-hydrogen) atoms. The smallest absolute Gasteiger partial charge is 0.195 e. The monoisotopic (exact) mass is 244 g/mol. The first-order valence-corrected chi connectivity index (χ1v) is 6.35. The molecule has 1 aromatic rings. The van der Waals surface area contributed by atoms with Gasteiger partial charge in [-0.05, 0) is 17.7 Å². The van der Waals surface area contributed by atoms with Crippen LogP contribution >= 0.6 is 10.7 Å². The van der Waals surface area contributed by atoms with E-state index in [1.165, 1.54) is 7.05 Å². The summed E-state index contributed by atoms with van der Waals surface area (Å²) in [5.41, 5.74) is 1.22. The predicted molar refractivity (Wildman–Crippen MR) is 57.4 cm³/mol. The Balaban J connectivity index is 2.87. The van der Waals surface area contributed by atoms with Gasteiger partial charge in [0, 0.05) is 24.3 Å². The first-order valence-electron chi connectivity index (χ1n) is 4.08. The fourth-order valence-corrected chi connectivity index (χ4v) is 1.52. The molecule has 1 rings (SSSR count). The molecule has 0 aliphatic heterocycles. The third-order valence-electron chi connectivity index (χ3n) is 1.83. The van der Waals surface area contributed by atoms with Crippen molar-refractivity contribution in [1.82, 2.24) is 4.31 Å². The summed E-state index contributed by atoms with van der Waals surface area (Å²) in [4.78, 5) is 0. The molecule has 0 fully saturated rings. The maximum absolute atomic E-state index is 10.9. The van der Waals surface area contributed by atoms with Gasteiger partial charge in [-0.3, -0.25) is 0 Å². The summed E-state index contributed by atoms with van der Waals surface area (Å²) in [6, 6.07) is 8.69. The summed E-state index contributed by atoms with van der Waals surface area (Å²) < 4.78 is 22.8. The van der Waals surface area contributed by atoms with Gasteiger partial charge in [0.15, 0.2) is 0 Å². The number of nitrogens with zero attached hydrogens (tertiary/aromatic N) is 2. The second-order valence-electron chi connectivity index (χ2n) is 3.01. The number of benzene rings is 1. The van der Waals surface area contributed by atoms with Gasteiger partial charge in [0.2, 0.25) is 0 Å². The van der Waals surface area contributed by atoms with Crippen LogP contribution in [0.15, 0.2) is 24.3 Å². The Morgan fingerprint density at radius 1 is 1.53 bits per heavy atom. The molecule has 0 aliphatic carbocycles. The molecule has 0 bridgehead atoms. The third kappa shape index (κ3) is 3.51. The SMILES string of the molecule is CN(Cc1cccc(C#N)c1)S(=O)(=O)Cl. The maximum Gasteiger partial charge on any atom is 0.299 e. The first-order chi connectivity index (χ1) is 6.93. The highest BCUT2D eigenvalue weighted by Crippen LogP contribution is 2.11. The average molecular weight is 245 g/mol. The van der Waals surface area contributed by atoms with Crippen LogP contribution in [0, 0.1) is 11.3 Å². The lowest BCUT2D eigenvalue weighted by atomic mass is 10.1. The van der Waals surface area contributed by atoms with Crippen LogP contribution in [0.5, 0.6) is 0 Å². The van der Waals surface area contributed by atoms with Crippen LogP contribution in [0.2, 0.25) is 0 Å². The largest absolute Gasteiger partial charge is 0.299 e. The first kappa shape index (κ1) is 12.0. The molecule has 0 atom stereocenters. The molecule has 0 spiro atoms. The van der Waals surface area contributed by atoms with Crippen molar-refractivity contribution >= 4 is 19.9 Å². The molecule has 6 heteroatoms. The van der Waals surface area contributed by atoms with Crippen molar-refractivity contribution in [2.24, 2.45) is 0 Å². The molecule has 0 saturated heterocycles. The second-order valence-corrected chi connectivity index (χ2v) is 5.63. The third-order valence-corrected chi connectivity index (χ3v) is 3.41. The number of nitriles is 1. The summed E-state index contributed by atoms with van der Waals surface area (Å²) in [7, 11) is 2.82. The van der Waals surface area contributed by atoms with E-state index in [4.69, 9.17) is 15.9 Å². The lowest BCUT2D eigenvalue weighted by molar-refractivity contribution is 0.480. The summed E-state index contributed by atoms with van der Waals surface area (Å²) >= 11 is 0. The fraction of sp³-hybridized carbons (Fsp3) is 0.222. The molecule has 0 unspecified atom stereocenters. The molecule has 0 saturated carbocycles. The molecule has 4 nitrogen and oxygen atoms in total. The molecular formula is C9H9ClN2O2S. The van der Waals surface area contributed by atoms with Gasteiger partial charge in [0.1, 0.15) is 0 Å². The van der Waals surface area contributed by atoms with E-state index in [1.54, 1.807) is 24.3 Å². The van der Waals surface area contributed by atoms with Gasteiger partial charge in [0.05, 0.1) is 11.6 Å². The topological polar surface area (TPSA) is 61.2 Å². The van der Waals surface area contributed by atoms with E-state index < -0.39 is 9.24 Å². The van der Waals surface area contributed by atoms with Gasteiger partial charge in [-0.15, -0.1) is 0 Å². The Kier molecular flexibility index (Phi) is 3.69. The van der Waals surface area contributed by atoms with Crippen LogP contribution in [0.1, 0.15) is 11.1 Å². The van der Waals surface area contributed by atoms with Crippen LogP contribution in [-0.4, -0.2) is 19.8 Å². The van der Waals surface area contributed by atoms with Crippen molar-refractivity contribution in [3.63, 3.8) is 0 Å². The van der Waals surface area contributed by atoms with E-state index in [1.807, 2.05) is 6.07 Å². The van der Waals surface area contributed by atoms with Crippen molar-refractivity contribution in [3.8, 4) is 6.07 Å². The zero-order valence-corrected chi connectivity index (χ0v) is 9.59. The van der Waals surface area contributed by atoms with Gasteiger partial charge in [0.25, 0.3) is 9.24 Å². The van der Waals surface area contributed by atoms with E-state index >= 15 is 0 Å². The molecule has 80 valence electrons. The standard InChI is InChI=1S/C9H9ClN2O2S/c1-12(15(10,13)14)7-9-4-2-3-8(5-9)6-11/h2-5H,7H2,1H3. The van der Waals surface area contributed by atoms with E-state index in [0.29, 0.717) is 5.56 Å². The summed E-state index contributed by atoms with van der Waals surface area (Å²) in [6.07, 6.45) is 0. The van der Waals surface area contributed by atoms with Crippen LogP contribution in [0.25, 0.3) is 0 Å². The minimum atomic E-state index is -3.70. The van der Waals surface area contributed by atoms with Crippen molar-refractivity contribution in [2.75, 3.05) is 7.05 Å². The van der Waals surface area contributed by atoms with Crippen LogP contribution in [-0.2, 0) is 15.8 Å². The number of rotatable bonds is 3. The van der Waals surface area contributed by atoms with Crippen LogP contribution < -0.4 is 0 Å². The van der Waals surface area contributed by atoms with Crippen molar-refractivity contribution in [1.29, 1.82) is 5.26 Å². The van der Waals surface area contributed by atoms with Gasteiger partial charge >= 0.3 is 0 Å². The molecule has 0 amide bonds. The van der Waals surface area contributed by atoms with Gasteiger partial charge < -0.3 is 0 Å². The minimum absolute atomic E-state index is 0.154. The molecule has 0 N–H and O–H groups in total. The number of halogens is 1. The quantitative estimate of drug-likeness (QED) is 0.757. The number of hydrogen-bond acceptors (Lipinski definition) is 3. The normalized spacial score (nSPS) is 11.3. The second kappa shape index (κ2) is 4.62. The van der Waals surface area contributed by atoms with Crippen LogP contribution in [0.4, 0.5) is 0 Å². The van der Waals surface area contributed by atoms with Gasteiger partial charge in [-0.2, -0.15) is 18.0 Å². The Morgan fingerprint density at radius 3 is 2.73 bits per heavy atom. The average Bonchev–Trinajstić information content (AvgIpc) is 2.16. The van der Waals surface area contributed by atoms with E-state index in [0.717, 1.165) is 9.87 Å². The molecule has 0 radical (unpaired) electrons. The molecule has 0 aromatic heterocycles. The van der Waals surface area contributed by atoms with Crippen LogP contribution in [0.3, 0.4) is 0 Å². The lowest BCUT2D eigenvalue weighted by Crippen LogP contribution is -2.21. The maximum atomic E-state index is 10.9. The zero-order valence-electron chi connectivity index (χ0n) is 8.01. The number of hydrogen-bond donors (Lipinski definition) is 0. The fourth-order valence-electron chi connectivity index (χ4n) is 1.07. The molecular weight excluding hydrogens is 236 g/mol. The minimum Gasteiger partial charge on any atom is -0.195 e.